The summed E-state index contributed by atoms with van der Waals surface area (Å²) in [5, 5.41) is 11.4. The first-order valence-electron chi connectivity index (χ1n) is 10.5. The van der Waals surface area contributed by atoms with Crippen molar-refractivity contribution in [1.82, 2.24) is 0 Å². The summed E-state index contributed by atoms with van der Waals surface area (Å²) in [7, 11) is -4.44. The van der Waals surface area contributed by atoms with E-state index in [1.165, 1.54) is 75.3 Å². The molecule has 160 valence electrons. The third-order valence-corrected chi connectivity index (χ3v) is 5.76. The molecule has 7 heteroatoms. The van der Waals surface area contributed by atoms with Crippen molar-refractivity contribution in [2.24, 2.45) is 0 Å². The molecule has 0 heterocycles. The summed E-state index contributed by atoms with van der Waals surface area (Å²) in [6.45, 7) is 2.22. The maximum absolute atomic E-state index is 11.8. The van der Waals surface area contributed by atoms with Gasteiger partial charge in [0.25, 0.3) is 10.1 Å². The van der Waals surface area contributed by atoms with Crippen LogP contribution in [0.2, 0.25) is 0 Å². The molecule has 0 spiro atoms. The second kappa shape index (κ2) is 14.1. The second-order valence-electron chi connectivity index (χ2n) is 7.41. The Morgan fingerprint density at radius 2 is 1.53 bits per heavy atom. The largest absolute Gasteiger partial charge is 1.00 e. The van der Waals surface area contributed by atoms with Crippen LogP contribution in [0.5, 0.6) is 17.2 Å². The van der Waals surface area contributed by atoms with Crippen LogP contribution in [0.1, 0.15) is 70.3 Å². The number of rotatable bonds is 13. The fourth-order valence-electron chi connectivity index (χ4n) is 3.30. The van der Waals surface area contributed by atoms with Crippen molar-refractivity contribution in [3.05, 3.63) is 48.0 Å². The second-order valence-corrected chi connectivity index (χ2v) is 8.80. The summed E-state index contributed by atoms with van der Waals surface area (Å²) in [5.41, 5.74) is 0.838. The normalized spacial score (nSPS) is 11.1. The van der Waals surface area contributed by atoms with Gasteiger partial charge in [0.2, 0.25) is 0 Å². The van der Waals surface area contributed by atoms with Gasteiger partial charge in [0.05, 0.1) is 0 Å². The molecule has 0 aromatic heterocycles. The van der Waals surface area contributed by atoms with Crippen molar-refractivity contribution >= 4 is 10.1 Å². The average molecular weight is 443 g/mol. The summed E-state index contributed by atoms with van der Waals surface area (Å²) in [4.78, 5) is -0.276. The minimum absolute atomic E-state index is 0. The molecule has 0 aliphatic carbocycles. The van der Waals surface area contributed by atoms with E-state index in [2.05, 4.69) is 6.92 Å². The van der Waals surface area contributed by atoms with Gasteiger partial charge in [-0.2, -0.15) is 8.42 Å². The fraction of sp³-hybridized carbons (Fsp3) is 0.478. The van der Waals surface area contributed by atoms with E-state index in [1.54, 1.807) is 12.1 Å². The number of hydrogen-bond donors (Lipinski definition) is 1. The quantitative estimate of drug-likeness (QED) is 0.293. The van der Waals surface area contributed by atoms with Gasteiger partial charge < -0.3 is 9.84 Å². The van der Waals surface area contributed by atoms with Gasteiger partial charge in [-0.05, 0) is 42.7 Å². The van der Waals surface area contributed by atoms with E-state index in [1.807, 2.05) is 0 Å². The van der Waals surface area contributed by atoms with E-state index < -0.39 is 10.1 Å². The van der Waals surface area contributed by atoms with Crippen LogP contribution in [0.3, 0.4) is 0 Å². The van der Waals surface area contributed by atoms with Crippen molar-refractivity contribution in [2.45, 2.75) is 76.0 Å². The first-order valence-corrected chi connectivity index (χ1v) is 11.9. The smallest absolute Gasteiger partial charge is 0.872 e. The van der Waals surface area contributed by atoms with Gasteiger partial charge in [-0.25, -0.2) is 0 Å². The molecule has 0 atom stereocenters. The third kappa shape index (κ3) is 9.84. The minimum Gasteiger partial charge on any atom is -0.872 e. The van der Waals surface area contributed by atoms with Gasteiger partial charge in [0.1, 0.15) is 16.4 Å². The molecule has 5 nitrogen and oxygen atoms in total. The van der Waals surface area contributed by atoms with E-state index in [0.29, 0.717) is 0 Å². The predicted octanol–water partition coefficient (Wildman–Crippen LogP) is 2.88. The Kier molecular flexibility index (Phi) is 12.7. The molecule has 2 rings (SSSR count). The van der Waals surface area contributed by atoms with Crippen LogP contribution in [-0.4, -0.2) is 13.0 Å². The van der Waals surface area contributed by atoms with Gasteiger partial charge in [-0.15, -0.1) is 5.75 Å². The number of hydrogen-bond acceptors (Lipinski definition) is 4. The Balaban J connectivity index is 0.00000450. The first-order chi connectivity index (χ1) is 13.9. The standard InChI is InChI=1S/C23H32O5S.Na/c1-2-3-4-5-6-7-8-9-10-12-19-15-16-22(23(17-19)29(25,26)27)28-21-14-11-13-20(24)18-21;/h11,13-18,24H,2-10,12H2,1H3,(H,25,26,27);/q;+1/p-1. The Morgan fingerprint density at radius 3 is 2.13 bits per heavy atom. The van der Waals surface area contributed by atoms with Crippen LogP contribution in [0.25, 0.3) is 0 Å². The molecule has 0 fully saturated rings. The Labute approximate surface area is 202 Å². The summed E-state index contributed by atoms with van der Waals surface area (Å²) in [6.07, 6.45) is 11.7. The molecule has 0 aliphatic heterocycles. The number of aryl methyl sites for hydroxylation is 1. The zero-order chi connectivity index (χ0) is 21.1. The van der Waals surface area contributed by atoms with Crippen LogP contribution in [0, 0.1) is 0 Å². The number of unbranched alkanes of at least 4 members (excludes halogenated alkanes) is 8. The molecule has 1 N–H and O–H groups in total. The monoisotopic (exact) mass is 442 g/mol. The van der Waals surface area contributed by atoms with Crippen molar-refractivity contribution in [2.75, 3.05) is 0 Å². The van der Waals surface area contributed by atoms with Crippen molar-refractivity contribution in [3.8, 4) is 17.2 Å². The number of ether oxygens (including phenoxy) is 1. The Hall–Kier alpha value is -1.05. The Morgan fingerprint density at radius 1 is 0.900 bits per heavy atom. The fourth-order valence-corrected chi connectivity index (χ4v) is 3.96. The molecule has 0 saturated carbocycles. The molecule has 2 aromatic carbocycles. The molecule has 0 radical (unpaired) electrons. The maximum atomic E-state index is 11.8. The van der Waals surface area contributed by atoms with Crippen LogP contribution < -0.4 is 39.4 Å². The van der Waals surface area contributed by atoms with Crippen LogP contribution in [0.4, 0.5) is 0 Å². The van der Waals surface area contributed by atoms with Crippen LogP contribution >= 0.6 is 0 Å². The van der Waals surface area contributed by atoms with Crippen LogP contribution in [0.15, 0.2) is 47.4 Å². The molecular weight excluding hydrogens is 411 g/mol. The first kappa shape index (κ1) is 27.0. The van der Waals surface area contributed by atoms with Crippen molar-refractivity contribution in [1.29, 1.82) is 0 Å². The van der Waals surface area contributed by atoms with Crippen molar-refractivity contribution < 1.29 is 52.4 Å². The minimum atomic E-state index is -4.44. The van der Waals surface area contributed by atoms with E-state index >= 15 is 0 Å². The summed E-state index contributed by atoms with van der Waals surface area (Å²) in [6, 6.07) is 10.5. The molecule has 30 heavy (non-hydrogen) atoms. The topological polar surface area (TPSA) is 86.7 Å². The summed E-state index contributed by atoms with van der Waals surface area (Å²) >= 11 is 0. The van der Waals surface area contributed by atoms with Gasteiger partial charge in [0.15, 0.2) is 0 Å². The molecule has 0 amide bonds. The SMILES string of the molecule is CCCCCCCCCCCc1ccc(Oc2cccc([O-])c2)c(S(=O)(=O)O)c1.[Na+]. The van der Waals surface area contributed by atoms with Crippen LogP contribution in [-0.2, 0) is 16.5 Å². The molecular formula is C23H31NaO5S. The zero-order valence-corrected chi connectivity index (χ0v) is 20.9. The van der Waals surface area contributed by atoms with Gasteiger partial charge in [-0.1, -0.05) is 76.5 Å². The number of benzene rings is 2. The molecule has 0 bridgehead atoms. The average Bonchev–Trinajstić information content (AvgIpc) is 2.67. The van der Waals surface area contributed by atoms with E-state index in [-0.39, 0.29) is 51.7 Å². The maximum Gasteiger partial charge on any atom is 1.00 e. The van der Waals surface area contributed by atoms with E-state index in [4.69, 9.17) is 4.74 Å². The van der Waals surface area contributed by atoms with E-state index in [0.717, 1.165) is 24.8 Å². The van der Waals surface area contributed by atoms with Gasteiger partial charge >= 0.3 is 29.6 Å². The van der Waals surface area contributed by atoms with Gasteiger partial charge in [-0.3, -0.25) is 4.55 Å². The van der Waals surface area contributed by atoms with Crippen molar-refractivity contribution in [3.63, 3.8) is 0 Å². The Bertz CT molecular complexity index is 868. The molecule has 2 aromatic rings. The third-order valence-electron chi connectivity index (χ3n) is 4.89. The molecule has 0 aliphatic rings. The molecule has 0 unspecified atom stereocenters. The summed E-state index contributed by atoms with van der Waals surface area (Å²) < 4.78 is 38.7. The van der Waals surface area contributed by atoms with Gasteiger partial charge in [0, 0.05) is 0 Å². The predicted molar refractivity (Wildman–Crippen MR) is 113 cm³/mol. The summed E-state index contributed by atoms with van der Waals surface area (Å²) in [5.74, 6) is 0.000838. The van der Waals surface area contributed by atoms with E-state index in [9.17, 15) is 18.1 Å². The molecule has 0 saturated heterocycles. The zero-order valence-electron chi connectivity index (χ0n) is 18.1.